The van der Waals surface area contributed by atoms with Crippen LogP contribution in [-0.4, -0.2) is 30.0 Å². The molecule has 0 amide bonds. The largest absolute Gasteiger partial charge is 0.691 e. The van der Waals surface area contributed by atoms with Gasteiger partial charge in [0, 0.05) is 25.2 Å². The van der Waals surface area contributed by atoms with Gasteiger partial charge in [-0.3, -0.25) is 0 Å². The average Bonchev–Trinajstić information content (AvgIpc) is 2.54. The summed E-state index contributed by atoms with van der Waals surface area (Å²) >= 11 is 9.65. The van der Waals surface area contributed by atoms with Gasteiger partial charge >= 0.3 is 0 Å². The molecule has 0 aliphatic carbocycles. The van der Waals surface area contributed by atoms with Crippen molar-refractivity contribution < 1.29 is 24.6 Å². The first-order valence-electron chi connectivity index (χ1n) is 8.18. The molecule has 2 rings (SSSR count). The van der Waals surface area contributed by atoms with Crippen LogP contribution in [0.3, 0.4) is 0 Å². The van der Waals surface area contributed by atoms with Crippen LogP contribution in [0, 0.1) is 0 Å². The highest BCUT2D eigenvalue weighted by Gasteiger charge is 2.20. The minimum absolute atomic E-state index is 0.00981. The van der Waals surface area contributed by atoms with Crippen LogP contribution >= 0.6 is 5.69 Å². The highest BCUT2D eigenvalue weighted by Crippen LogP contribution is 2.45. The first-order chi connectivity index (χ1) is 11.4. The second-order valence-corrected chi connectivity index (χ2v) is 10.5. The molecular formula is C16H28NO4PS2. The molecule has 1 aliphatic rings. The second-order valence-electron chi connectivity index (χ2n) is 5.48. The molecule has 0 unspecified atom stereocenters. The number of quaternary nitrogens is 1. The van der Waals surface area contributed by atoms with Gasteiger partial charge in [0.2, 0.25) is 0 Å². The first kappa shape index (κ1) is 22.1. The van der Waals surface area contributed by atoms with Crippen molar-refractivity contribution >= 4 is 29.7 Å². The third-order valence-electron chi connectivity index (χ3n) is 3.80. The fourth-order valence-electron chi connectivity index (χ4n) is 2.66. The maximum atomic E-state index is 9.22. The molecule has 4 N–H and O–H groups in total. The zero-order valence-corrected chi connectivity index (χ0v) is 17.1. The number of rotatable bonds is 6. The Bertz CT molecular complexity index is 561. The summed E-state index contributed by atoms with van der Waals surface area (Å²) in [7, 11) is 0. The van der Waals surface area contributed by atoms with E-state index in [1.807, 2.05) is 26.0 Å². The van der Waals surface area contributed by atoms with E-state index in [0.717, 1.165) is 24.1 Å². The molecule has 1 aliphatic heterocycles. The Labute approximate surface area is 155 Å². The zero-order valence-electron chi connectivity index (χ0n) is 14.5. The lowest BCUT2D eigenvalue weighted by Gasteiger charge is -2.26. The SMILES string of the molecule is CCOP(=S)([S-])OCC.C[C@@H]1[NH2+]CCc2cc(CO)c(CO)cc21. The molecule has 8 heteroatoms. The predicted octanol–water partition coefficient (Wildman–Crippen LogP) is 1.68. The molecule has 1 atom stereocenters. The van der Waals surface area contributed by atoms with Crippen LogP contribution in [0.1, 0.15) is 49.1 Å². The molecule has 5 nitrogen and oxygen atoms in total. The van der Waals surface area contributed by atoms with E-state index < -0.39 is 5.69 Å². The van der Waals surface area contributed by atoms with Gasteiger partial charge in [0.25, 0.3) is 0 Å². The minimum atomic E-state index is -2.28. The van der Waals surface area contributed by atoms with Crippen LogP contribution in [0.4, 0.5) is 0 Å². The number of aliphatic hydroxyl groups is 2. The van der Waals surface area contributed by atoms with E-state index in [9.17, 15) is 10.2 Å². The van der Waals surface area contributed by atoms with Gasteiger partial charge in [0.1, 0.15) is 6.04 Å². The normalized spacial score (nSPS) is 17.0. The van der Waals surface area contributed by atoms with Crippen LogP contribution in [-0.2, 0) is 52.7 Å². The molecule has 138 valence electrons. The number of nitrogens with two attached hydrogens (primary N) is 1. The summed E-state index contributed by atoms with van der Waals surface area (Å²) in [5.41, 5.74) is 2.08. The molecular weight excluding hydrogens is 365 g/mol. The number of hydrogen-bond acceptors (Lipinski definition) is 6. The van der Waals surface area contributed by atoms with Gasteiger partial charge in [-0.15, -0.1) is 0 Å². The monoisotopic (exact) mass is 393 g/mol. The summed E-state index contributed by atoms with van der Waals surface area (Å²) in [5.74, 6) is 0. The Morgan fingerprint density at radius 2 is 1.75 bits per heavy atom. The molecule has 1 aromatic rings. The summed E-state index contributed by atoms with van der Waals surface area (Å²) in [6.45, 7) is 8.10. The summed E-state index contributed by atoms with van der Waals surface area (Å²) in [6.07, 6.45) is 1.05. The predicted molar refractivity (Wildman–Crippen MR) is 102 cm³/mol. The standard InChI is InChI=1S/C12H17NO2.C4H11O2PS2/c1-8-12-5-11(7-15)10(6-14)4-9(12)2-3-13-8;1-3-5-7(8,9)6-4-2/h4-5,8,13-15H,2-3,6-7H2,1H3;3-4H2,1-2H3,(H,8,9)/t8-;/m0./s1. The third-order valence-corrected chi connectivity index (χ3v) is 6.21. The highest BCUT2D eigenvalue weighted by atomic mass is 32.9. The van der Waals surface area contributed by atoms with E-state index in [4.69, 9.17) is 33.1 Å². The quantitative estimate of drug-likeness (QED) is 0.504. The van der Waals surface area contributed by atoms with Crippen LogP contribution in [0.15, 0.2) is 12.1 Å². The smallest absolute Gasteiger partial charge is 0.109 e. The number of benzene rings is 1. The van der Waals surface area contributed by atoms with E-state index in [1.165, 1.54) is 11.1 Å². The molecule has 0 saturated heterocycles. The maximum Gasteiger partial charge on any atom is 0.109 e. The van der Waals surface area contributed by atoms with Gasteiger partial charge in [-0.25, -0.2) is 0 Å². The minimum Gasteiger partial charge on any atom is -0.691 e. The Morgan fingerprint density at radius 1 is 1.21 bits per heavy atom. The molecule has 1 aromatic carbocycles. The summed E-state index contributed by atoms with van der Waals surface area (Å²) in [5, 5.41) is 20.7. The van der Waals surface area contributed by atoms with Crippen LogP contribution in [0.25, 0.3) is 0 Å². The van der Waals surface area contributed by atoms with E-state index in [2.05, 4.69) is 12.2 Å². The lowest BCUT2D eigenvalue weighted by Crippen LogP contribution is -2.86. The van der Waals surface area contributed by atoms with E-state index >= 15 is 0 Å². The molecule has 24 heavy (non-hydrogen) atoms. The van der Waals surface area contributed by atoms with Crippen molar-refractivity contribution in [3.8, 4) is 0 Å². The van der Waals surface area contributed by atoms with Crippen molar-refractivity contribution in [2.45, 2.75) is 46.4 Å². The van der Waals surface area contributed by atoms with Gasteiger partial charge in [-0.05, 0) is 43.5 Å². The van der Waals surface area contributed by atoms with Crippen molar-refractivity contribution in [3.63, 3.8) is 0 Å². The van der Waals surface area contributed by atoms with Crippen LogP contribution in [0.2, 0.25) is 0 Å². The van der Waals surface area contributed by atoms with E-state index in [0.29, 0.717) is 19.3 Å². The van der Waals surface area contributed by atoms with Gasteiger partial charge in [-0.1, -0.05) is 17.9 Å². The summed E-state index contributed by atoms with van der Waals surface area (Å²) < 4.78 is 9.98. The molecule has 0 fully saturated rings. The number of aliphatic hydroxyl groups excluding tert-OH is 2. The molecule has 1 heterocycles. The second kappa shape index (κ2) is 10.9. The van der Waals surface area contributed by atoms with Gasteiger partial charge in [0.05, 0.1) is 25.5 Å². The Kier molecular flexibility index (Phi) is 10.0. The van der Waals surface area contributed by atoms with Gasteiger partial charge in [-0.2, -0.15) is 0 Å². The third kappa shape index (κ3) is 6.73. The lowest BCUT2D eigenvalue weighted by molar-refractivity contribution is -0.695. The van der Waals surface area contributed by atoms with Crippen LogP contribution in [0.5, 0.6) is 0 Å². The van der Waals surface area contributed by atoms with Gasteiger partial charge < -0.3 is 36.8 Å². The molecule has 0 bridgehead atoms. The highest BCUT2D eigenvalue weighted by molar-refractivity contribution is 8.51. The summed E-state index contributed by atoms with van der Waals surface area (Å²) in [6, 6.07) is 4.55. The van der Waals surface area contributed by atoms with Gasteiger partial charge in [0.15, 0.2) is 0 Å². The molecule has 0 aromatic heterocycles. The van der Waals surface area contributed by atoms with E-state index in [1.54, 1.807) is 0 Å². The number of fused-ring (bicyclic) bond motifs is 1. The van der Waals surface area contributed by atoms with E-state index in [-0.39, 0.29) is 13.2 Å². The number of hydrogen-bond donors (Lipinski definition) is 3. The fourth-order valence-corrected chi connectivity index (χ4v) is 4.64. The summed E-state index contributed by atoms with van der Waals surface area (Å²) in [4.78, 5) is 0. The van der Waals surface area contributed by atoms with Crippen molar-refractivity contribution in [1.82, 2.24) is 0 Å². The van der Waals surface area contributed by atoms with Crippen molar-refractivity contribution in [2.24, 2.45) is 0 Å². The van der Waals surface area contributed by atoms with Crippen molar-refractivity contribution in [1.29, 1.82) is 0 Å². The Balaban J connectivity index is 0.000000277. The van der Waals surface area contributed by atoms with Crippen molar-refractivity contribution in [2.75, 3.05) is 19.8 Å². The maximum absolute atomic E-state index is 9.22. The van der Waals surface area contributed by atoms with Crippen molar-refractivity contribution in [3.05, 3.63) is 34.4 Å². The molecule has 0 spiro atoms. The van der Waals surface area contributed by atoms with Crippen LogP contribution < -0.4 is 5.32 Å². The average molecular weight is 394 g/mol. The molecule has 0 saturated carbocycles. The molecule has 0 radical (unpaired) electrons. The Morgan fingerprint density at radius 3 is 2.25 bits per heavy atom. The Hall–Kier alpha value is 0.0200. The fraction of sp³-hybridized carbons (Fsp3) is 0.625. The topological polar surface area (TPSA) is 75.5 Å². The first-order valence-corrected chi connectivity index (χ1v) is 11.8. The zero-order chi connectivity index (χ0) is 18.2. The lowest BCUT2D eigenvalue weighted by atomic mass is 9.91.